The van der Waals surface area contributed by atoms with Crippen molar-refractivity contribution >= 4 is 14.3 Å². The van der Waals surface area contributed by atoms with E-state index in [4.69, 9.17) is 4.74 Å². The molecular formula is C7H15NO2Si. The zero-order chi connectivity index (χ0) is 8.65. The van der Waals surface area contributed by atoms with Gasteiger partial charge in [0, 0.05) is 0 Å². The second-order valence-electron chi connectivity index (χ2n) is 3.98. The number of cyclic esters (lactones) is 1. The maximum absolute atomic E-state index is 11.2. The van der Waals surface area contributed by atoms with E-state index in [1.54, 1.807) is 0 Å². The number of carbonyl (C=O) groups is 1. The lowest BCUT2D eigenvalue weighted by atomic mass is 10.4. The number of amides is 1. The van der Waals surface area contributed by atoms with Crippen molar-refractivity contribution < 1.29 is 9.53 Å². The Kier molecular flexibility index (Phi) is 1.96. The van der Waals surface area contributed by atoms with Gasteiger partial charge in [-0.05, 0) is 6.92 Å². The van der Waals surface area contributed by atoms with Crippen LogP contribution in [0.4, 0.5) is 4.79 Å². The summed E-state index contributed by atoms with van der Waals surface area (Å²) in [4.78, 5) is 11.2. The molecule has 1 unspecified atom stereocenters. The smallest absolute Gasteiger partial charge is 0.402 e. The molecule has 1 heterocycles. The molecule has 1 rings (SSSR count). The van der Waals surface area contributed by atoms with Crippen LogP contribution in [0.3, 0.4) is 0 Å². The van der Waals surface area contributed by atoms with Gasteiger partial charge in [-0.25, -0.2) is 4.79 Å². The number of rotatable bonds is 1. The van der Waals surface area contributed by atoms with Crippen molar-refractivity contribution in [3.05, 3.63) is 0 Å². The Morgan fingerprint density at radius 2 is 2.09 bits per heavy atom. The Morgan fingerprint density at radius 1 is 1.55 bits per heavy atom. The molecule has 64 valence electrons. The largest absolute Gasteiger partial charge is 0.445 e. The molecule has 0 aliphatic carbocycles. The lowest BCUT2D eigenvalue weighted by Gasteiger charge is -2.26. The maximum Gasteiger partial charge on any atom is 0.402 e. The summed E-state index contributed by atoms with van der Waals surface area (Å²) in [5.41, 5.74) is 0. The van der Waals surface area contributed by atoms with Gasteiger partial charge in [0.1, 0.15) is 6.10 Å². The number of hydrogen-bond acceptors (Lipinski definition) is 2. The molecule has 1 aliphatic heterocycles. The van der Waals surface area contributed by atoms with Crippen LogP contribution in [0.15, 0.2) is 0 Å². The van der Waals surface area contributed by atoms with Gasteiger partial charge in [-0.15, -0.1) is 0 Å². The van der Waals surface area contributed by atoms with Gasteiger partial charge in [-0.3, -0.25) is 0 Å². The van der Waals surface area contributed by atoms with Crippen LogP contribution < -0.4 is 0 Å². The molecule has 3 nitrogen and oxygen atoms in total. The molecule has 0 aromatic rings. The molecule has 1 fully saturated rings. The monoisotopic (exact) mass is 173 g/mol. The molecule has 0 aromatic heterocycles. The zero-order valence-corrected chi connectivity index (χ0v) is 8.55. The van der Waals surface area contributed by atoms with Crippen LogP contribution >= 0.6 is 0 Å². The molecule has 1 aliphatic rings. The highest BCUT2D eigenvalue weighted by Crippen LogP contribution is 2.18. The van der Waals surface area contributed by atoms with Crippen molar-refractivity contribution in [1.29, 1.82) is 0 Å². The van der Waals surface area contributed by atoms with Crippen LogP contribution in [0.25, 0.3) is 0 Å². The molecule has 0 aromatic carbocycles. The van der Waals surface area contributed by atoms with Gasteiger partial charge < -0.3 is 9.30 Å². The summed E-state index contributed by atoms with van der Waals surface area (Å²) in [6, 6.07) is 0. The Hall–Kier alpha value is -0.513. The minimum absolute atomic E-state index is 0.0780. The molecule has 0 bridgehead atoms. The number of ether oxygens (including phenoxy) is 1. The average molecular weight is 173 g/mol. The lowest BCUT2D eigenvalue weighted by Crippen LogP contribution is -2.46. The number of hydrogen-bond donors (Lipinski definition) is 0. The molecule has 0 spiro atoms. The highest BCUT2D eigenvalue weighted by molar-refractivity contribution is 6.75. The maximum atomic E-state index is 11.2. The van der Waals surface area contributed by atoms with Crippen LogP contribution in [-0.4, -0.2) is 31.5 Å². The third-order valence-corrected chi connectivity index (χ3v) is 3.76. The molecule has 0 saturated carbocycles. The second-order valence-corrected chi connectivity index (χ2v) is 8.86. The first-order valence-electron chi connectivity index (χ1n) is 3.89. The zero-order valence-electron chi connectivity index (χ0n) is 7.55. The molecule has 1 amide bonds. The number of carbonyl (C=O) groups excluding carboxylic acids is 1. The van der Waals surface area contributed by atoms with Gasteiger partial charge in [0.2, 0.25) is 0 Å². The minimum Gasteiger partial charge on any atom is -0.445 e. The minimum atomic E-state index is -1.47. The van der Waals surface area contributed by atoms with Crippen LogP contribution in [0.2, 0.25) is 19.6 Å². The van der Waals surface area contributed by atoms with Crippen molar-refractivity contribution in [2.45, 2.75) is 32.7 Å². The fourth-order valence-corrected chi connectivity index (χ4v) is 2.56. The van der Waals surface area contributed by atoms with E-state index in [9.17, 15) is 4.79 Å². The van der Waals surface area contributed by atoms with Crippen molar-refractivity contribution in [1.82, 2.24) is 4.57 Å². The van der Waals surface area contributed by atoms with Crippen LogP contribution in [0.5, 0.6) is 0 Å². The van der Waals surface area contributed by atoms with Gasteiger partial charge in [0.15, 0.2) is 8.24 Å². The van der Waals surface area contributed by atoms with E-state index in [0.29, 0.717) is 0 Å². The summed E-state index contributed by atoms with van der Waals surface area (Å²) in [6.07, 6.45) is -0.0501. The van der Waals surface area contributed by atoms with E-state index < -0.39 is 8.24 Å². The van der Waals surface area contributed by atoms with Crippen molar-refractivity contribution in [3.63, 3.8) is 0 Å². The van der Waals surface area contributed by atoms with Crippen molar-refractivity contribution in [2.24, 2.45) is 0 Å². The quantitative estimate of drug-likeness (QED) is 0.564. The second kappa shape index (κ2) is 2.51. The summed E-state index contributed by atoms with van der Waals surface area (Å²) < 4.78 is 6.91. The molecule has 4 heteroatoms. The molecule has 1 atom stereocenters. The molecule has 1 saturated heterocycles. The van der Waals surface area contributed by atoms with E-state index in [2.05, 4.69) is 19.6 Å². The first kappa shape index (κ1) is 8.58. The van der Waals surface area contributed by atoms with Gasteiger partial charge in [0.25, 0.3) is 0 Å². The Morgan fingerprint density at radius 3 is 2.27 bits per heavy atom. The summed E-state index contributed by atoms with van der Waals surface area (Å²) in [5.74, 6) is 0. The normalized spacial score (nSPS) is 25.6. The third-order valence-electron chi connectivity index (χ3n) is 1.77. The third kappa shape index (κ3) is 1.74. The van der Waals surface area contributed by atoms with Crippen LogP contribution in [0.1, 0.15) is 6.92 Å². The Balaban J connectivity index is 2.68. The van der Waals surface area contributed by atoms with Crippen molar-refractivity contribution in [2.75, 3.05) is 6.54 Å². The summed E-state index contributed by atoms with van der Waals surface area (Å²) in [5, 5.41) is 0. The fourth-order valence-electron chi connectivity index (χ4n) is 1.15. The Bertz CT molecular complexity index is 176. The van der Waals surface area contributed by atoms with Crippen LogP contribution in [0, 0.1) is 0 Å². The highest BCUT2D eigenvalue weighted by atomic mass is 28.3. The van der Waals surface area contributed by atoms with E-state index in [0.717, 1.165) is 6.54 Å². The molecule has 11 heavy (non-hydrogen) atoms. The highest BCUT2D eigenvalue weighted by Gasteiger charge is 2.36. The van der Waals surface area contributed by atoms with E-state index in [1.807, 2.05) is 11.5 Å². The summed E-state index contributed by atoms with van der Waals surface area (Å²) >= 11 is 0. The van der Waals surface area contributed by atoms with E-state index >= 15 is 0 Å². The van der Waals surface area contributed by atoms with E-state index in [-0.39, 0.29) is 12.2 Å². The SMILES string of the molecule is CC1CN([Si](C)(C)C)C(=O)O1. The fraction of sp³-hybridized carbons (Fsp3) is 0.857. The standard InChI is InChI=1S/C7H15NO2Si/c1-6-5-8(7(9)10-6)11(2,3)4/h6H,5H2,1-4H3. The average Bonchev–Trinajstić information content (AvgIpc) is 2.08. The van der Waals surface area contributed by atoms with Gasteiger partial charge in [0.05, 0.1) is 6.54 Å². The van der Waals surface area contributed by atoms with Crippen LogP contribution in [-0.2, 0) is 4.74 Å². The van der Waals surface area contributed by atoms with Gasteiger partial charge >= 0.3 is 6.09 Å². The summed E-state index contributed by atoms with van der Waals surface area (Å²) in [6.45, 7) is 9.14. The first-order valence-corrected chi connectivity index (χ1v) is 7.34. The molecule has 0 radical (unpaired) electrons. The predicted molar refractivity (Wildman–Crippen MR) is 46.0 cm³/mol. The number of nitrogens with zero attached hydrogens (tertiary/aromatic N) is 1. The van der Waals surface area contributed by atoms with E-state index in [1.165, 1.54) is 0 Å². The topological polar surface area (TPSA) is 29.5 Å². The Labute approximate surface area is 68.4 Å². The molecule has 0 N–H and O–H groups in total. The van der Waals surface area contributed by atoms with Gasteiger partial charge in [-0.2, -0.15) is 0 Å². The van der Waals surface area contributed by atoms with Crippen molar-refractivity contribution in [3.8, 4) is 0 Å². The lowest BCUT2D eigenvalue weighted by molar-refractivity contribution is 0.144. The van der Waals surface area contributed by atoms with Gasteiger partial charge in [-0.1, -0.05) is 19.6 Å². The first-order chi connectivity index (χ1) is 4.91. The predicted octanol–water partition coefficient (Wildman–Crippen LogP) is 1.66. The molecular weight excluding hydrogens is 158 g/mol. The summed E-state index contributed by atoms with van der Waals surface area (Å²) in [7, 11) is -1.47.